The van der Waals surface area contributed by atoms with Crippen molar-refractivity contribution in [3.05, 3.63) is 0 Å². The van der Waals surface area contributed by atoms with Crippen LogP contribution >= 0.6 is 0 Å². The lowest BCUT2D eigenvalue weighted by atomic mass is 9.89. The molecule has 0 fully saturated rings. The molecule has 1 unspecified atom stereocenters. The molecule has 0 bridgehead atoms. The fourth-order valence-corrected chi connectivity index (χ4v) is 1.84. The fraction of sp³-hybridized carbons (Fsp3) is 0.889. The predicted octanol–water partition coefficient (Wildman–Crippen LogP) is 2.68. The molecule has 0 aliphatic heterocycles. The Kier molecular flexibility index (Phi) is 16.1. The first-order chi connectivity index (χ1) is 11.1. The van der Waals surface area contributed by atoms with E-state index in [1.807, 2.05) is 0 Å². The van der Waals surface area contributed by atoms with Gasteiger partial charge in [0.05, 0.1) is 6.10 Å². The molecule has 0 aromatic carbocycles. The first-order valence-corrected chi connectivity index (χ1v) is 8.95. The van der Waals surface area contributed by atoms with Crippen LogP contribution in [0.25, 0.3) is 0 Å². The summed E-state index contributed by atoms with van der Waals surface area (Å²) in [6.45, 7) is 9.32. The molecule has 0 aliphatic carbocycles. The van der Waals surface area contributed by atoms with Crippen molar-refractivity contribution in [3.8, 4) is 0 Å². The van der Waals surface area contributed by atoms with Crippen molar-refractivity contribution in [3.63, 3.8) is 0 Å². The first-order valence-electron chi connectivity index (χ1n) is 8.95. The zero-order chi connectivity index (χ0) is 19.0. The van der Waals surface area contributed by atoms with E-state index in [-0.39, 0.29) is 18.4 Å². The molecule has 24 heavy (non-hydrogen) atoms. The first kappa shape index (κ1) is 25.1. The Balaban J connectivity index is 0. The van der Waals surface area contributed by atoms with E-state index in [1.165, 1.54) is 0 Å². The Bertz CT molecular complexity index is 325. The van der Waals surface area contributed by atoms with E-state index in [0.717, 1.165) is 32.1 Å². The lowest BCUT2D eigenvalue weighted by molar-refractivity contribution is -0.137. The minimum atomic E-state index is -0.747. The Morgan fingerprint density at radius 3 is 2.04 bits per heavy atom. The summed E-state index contributed by atoms with van der Waals surface area (Å²) in [6, 6.07) is 0. The van der Waals surface area contributed by atoms with E-state index < -0.39 is 5.97 Å². The van der Waals surface area contributed by atoms with Crippen LogP contribution in [-0.4, -0.2) is 41.3 Å². The molecule has 1 atom stereocenters. The van der Waals surface area contributed by atoms with Crippen molar-refractivity contribution in [1.29, 1.82) is 0 Å². The number of aliphatic hydroxyl groups is 1. The van der Waals surface area contributed by atoms with Gasteiger partial charge in [-0.25, -0.2) is 0 Å². The predicted molar refractivity (Wildman–Crippen MR) is 97.8 cm³/mol. The molecule has 0 saturated heterocycles. The maximum Gasteiger partial charge on any atom is 0.303 e. The van der Waals surface area contributed by atoms with Crippen LogP contribution in [0, 0.1) is 5.41 Å². The quantitative estimate of drug-likeness (QED) is 0.430. The molecule has 0 aromatic heterocycles. The van der Waals surface area contributed by atoms with Crippen LogP contribution in [0.4, 0.5) is 0 Å². The number of amides is 1. The molecule has 0 rings (SSSR count). The van der Waals surface area contributed by atoms with Gasteiger partial charge in [-0.3, -0.25) is 9.59 Å². The maximum atomic E-state index is 11.5. The van der Waals surface area contributed by atoms with Gasteiger partial charge in [0.15, 0.2) is 0 Å². The van der Waals surface area contributed by atoms with E-state index in [0.29, 0.717) is 31.3 Å². The summed E-state index contributed by atoms with van der Waals surface area (Å²) in [5.74, 6) is -0.630. The zero-order valence-corrected chi connectivity index (χ0v) is 15.9. The van der Waals surface area contributed by atoms with Crippen LogP contribution in [0.5, 0.6) is 0 Å². The van der Waals surface area contributed by atoms with Crippen LogP contribution in [0.1, 0.15) is 79.1 Å². The van der Waals surface area contributed by atoms with Gasteiger partial charge in [0.2, 0.25) is 5.91 Å². The molecule has 144 valence electrons. The molecule has 0 spiro atoms. The molecule has 0 heterocycles. The summed E-state index contributed by atoms with van der Waals surface area (Å²) in [5, 5.41) is 19.6. The summed E-state index contributed by atoms with van der Waals surface area (Å²) < 4.78 is 0. The second-order valence-electron chi connectivity index (χ2n) is 7.41. The number of carbonyl (C=O) groups excluding carboxylic acids is 1. The molecule has 0 aliphatic rings. The molecule has 0 saturated carbocycles. The van der Waals surface area contributed by atoms with Crippen LogP contribution in [0.2, 0.25) is 0 Å². The molecule has 0 radical (unpaired) electrons. The number of hydrogen-bond donors (Lipinski definition) is 4. The van der Waals surface area contributed by atoms with Gasteiger partial charge >= 0.3 is 5.97 Å². The van der Waals surface area contributed by atoms with Crippen molar-refractivity contribution in [1.82, 2.24) is 5.32 Å². The van der Waals surface area contributed by atoms with Crippen molar-refractivity contribution >= 4 is 11.9 Å². The van der Waals surface area contributed by atoms with Gasteiger partial charge in [0.25, 0.3) is 0 Å². The van der Waals surface area contributed by atoms with Gasteiger partial charge in [0.1, 0.15) is 0 Å². The average Bonchev–Trinajstić information content (AvgIpc) is 2.46. The normalized spacial score (nSPS) is 12.1. The highest BCUT2D eigenvalue weighted by molar-refractivity contribution is 5.75. The van der Waals surface area contributed by atoms with Gasteiger partial charge in [0, 0.05) is 25.9 Å². The lowest BCUT2D eigenvalue weighted by Gasteiger charge is -2.17. The zero-order valence-electron chi connectivity index (χ0n) is 15.9. The molecule has 6 heteroatoms. The maximum absolute atomic E-state index is 11.5. The Morgan fingerprint density at radius 1 is 1.04 bits per heavy atom. The Morgan fingerprint density at radius 2 is 1.58 bits per heavy atom. The van der Waals surface area contributed by atoms with Crippen molar-refractivity contribution in [2.24, 2.45) is 11.1 Å². The van der Waals surface area contributed by atoms with Crippen LogP contribution < -0.4 is 11.1 Å². The molecular weight excluding hydrogens is 308 g/mol. The van der Waals surface area contributed by atoms with Crippen LogP contribution in [0.3, 0.4) is 0 Å². The summed E-state index contributed by atoms with van der Waals surface area (Å²) >= 11 is 0. The van der Waals surface area contributed by atoms with E-state index in [9.17, 15) is 9.59 Å². The second kappa shape index (κ2) is 15.4. The molecule has 1 amide bonds. The summed E-state index contributed by atoms with van der Waals surface area (Å²) in [4.78, 5) is 21.8. The van der Waals surface area contributed by atoms with E-state index in [1.54, 1.807) is 6.92 Å². The minimum Gasteiger partial charge on any atom is -0.481 e. The molecule has 6 nitrogen and oxygen atoms in total. The van der Waals surface area contributed by atoms with Crippen LogP contribution in [0.15, 0.2) is 0 Å². The number of nitrogens with two attached hydrogens (primary N) is 1. The number of carboxylic acids is 1. The number of nitrogens with one attached hydrogen (secondary N) is 1. The summed E-state index contributed by atoms with van der Waals surface area (Å²) in [6.07, 6.45) is 6.09. The molecule has 5 N–H and O–H groups in total. The van der Waals surface area contributed by atoms with E-state index in [2.05, 4.69) is 26.1 Å². The smallest absolute Gasteiger partial charge is 0.303 e. The number of rotatable bonds is 11. The average molecular weight is 347 g/mol. The van der Waals surface area contributed by atoms with Gasteiger partial charge in [-0.15, -0.1) is 0 Å². The van der Waals surface area contributed by atoms with Crippen LogP contribution in [-0.2, 0) is 9.59 Å². The highest BCUT2D eigenvalue weighted by Gasteiger charge is 2.09. The Hall–Kier alpha value is -1.14. The van der Waals surface area contributed by atoms with Gasteiger partial charge in [-0.2, -0.15) is 0 Å². The third kappa shape index (κ3) is 25.8. The summed E-state index contributed by atoms with van der Waals surface area (Å²) in [7, 11) is 0. The van der Waals surface area contributed by atoms with E-state index in [4.69, 9.17) is 15.9 Å². The number of carboxylic acid groups (broad SMARTS) is 1. The van der Waals surface area contributed by atoms with Crippen molar-refractivity contribution in [2.45, 2.75) is 85.2 Å². The molecular formula is C18H38N2O4. The topological polar surface area (TPSA) is 113 Å². The minimum absolute atomic E-state index is 0.118. The standard InChI is InChI=1S/C15H29NO3.C3H9NO/c1-15(2,3)11-7-6-9-13(17)16-12-8-4-5-10-14(18)19;1-3(5)2-4/h4-12H2,1-3H3,(H,16,17)(H,18,19);3,5H,2,4H2,1H3. The van der Waals surface area contributed by atoms with Gasteiger partial charge < -0.3 is 21.3 Å². The fourth-order valence-electron chi connectivity index (χ4n) is 1.84. The number of carbonyl (C=O) groups is 2. The summed E-state index contributed by atoms with van der Waals surface area (Å²) in [5.41, 5.74) is 5.27. The number of aliphatic carboxylic acids is 1. The van der Waals surface area contributed by atoms with Crippen molar-refractivity contribution < 1.29 is 19.8 Å². The van der Waals surface area contributed by atoms with Gasteiger partial charge in [-0.05, 0) is 38.0 Å². The Labute approximate surface area is 147 Å². The largest absolute Gasteiger partial charge is 0.481 e. The van der Waals surface area contributed by atoms with E-state index >= 15 is 0 Å². The highest BCUT2D eigenvalue weighted by Crippen LogP contribution is 2.21. The number of aliphatic hydroxyl groups excluding tert-OH is 1. The van der Waals surface area contributed by atoms with Gasteiger partial charge in [-0.1, -0.05) is 33.6 Å². The number of unbranched alkanes of at least 4 members (excludes halogenated alkanes) is 3. The third-order valence-electron chi connectivity index (χ3n) is 3.31. The SMILES string of the molecule is CC(C)(C)CCCCC(=O)NCCCCCC(=O)O.CC(O)CN. The van der Waals surface area contributed by atoms with Crippen molar-refractivity contribution in [2.75, 3.05) is 13.1 Å². The molecule has 0 aromatic rings. The highest BCUT2D eigenvalue weighted by atomic mass is 16.4. The number of hydrogen-bond acceptors (Lipinski definition) is 4. The second-order valence-corrected chi connectivity index (χ2v) is 7.41. The third-order valence-corrected chi connectivity index (χ3v) is 3.31. The monoisotopic (exact) mass is 346 g/mol. The lowest BCUT2D eigenvalue weighted by Crippen LogP contribution is -2.24.